The normalized spacial score (nSPS) is 14.5. The van der Waals surface area contributed by atoms with Crippen LogP contribution in [-0.4, -0.2) is 51.5 Å². The number of amides is 2. The Balaban J connectivity index is 1.55. The lowest BCUT2D eigenvalue weighted by Gasteiger charge is -2.27. The first kappa shape index (κ1) is 24.8. The summed E-state index contributed by atoms with van der Waals surface area (Å²) < 4.78 is 19.6. The van der Waals surface area contributed by atoms with Gasteiger partial charge in [0, 0.05) is 23.2 Å². The van der Waals surface area contributed by atoms with E-state index in [9.17, 15) is 19.1 Å². The monoisotopic (exact) mass is 518 g/mol. The molecule has 0 saturated carbocycles. The molecule has 2 amide bonds. The summed E-state index contributed by atoms with van der Waals surface area (Å²) in [7, 11) is 1.35. The van der Waals surface area contributed by atoms with Gasteiger partial charge in [-0.3, -0.25) is 9.59 Å². The van der Waals surface area contributed by atoms with Gasteiger partial charge in [-0.2, -0.15) is 0 Å². The molecule has 0 saturated heterocycles. The number of aliphatic hydroxyl groups is 1. The van der Waals surface area contributed by atoms with Crippen LogP contribution in [0.15, 0.2) is 42.6 Å². The molecule has 0 fully saturated rings. The maximum absolute atomic E-state index is 14.6. The van der Waals surface area contributed by atoms with Crippen molar-refractivity contribution in [1.29, 1.82) is 0 Å². The molecule has 2 aromatic carbocycles. The molecule has 8 nitrogen and oxygen atoms in total. The van der Waals surface area contributed by atoms with Crippen LogP contribution < -0.4 is 10.1 Å². The minimum atomic E-state index is -1.17. The van der Waals surface area contributed by atoms with Crippen LogP contribution >= 0.6 is 23.2 Å². The van der Waals surface area contributed by atoms with E-state index in [1.807, 2.05) is 0 Å². The van der Waals surface area contributed by atoms with Crippen molar-refractivity contribution >= 4 is 35.0 Å². The van der Waals surface area contributed by atoms with E-state index in [0.717, 1.165) is 0 Å². The highest BCUT2D eigenvalue weighted by Gasteiger charge is 2.37. The molecule has 1 aliphatic rings. The van der Waals surface area contributed by atoms with Crippen molar-refractivity contribution in [3.05, 3.63) is 75.4 Å². The number of carbonyl (C=O) groups excluding carboxylic acids is 2. The van der Waals surface area contributed by atoms with Crippen molar-refractivity contribution in [1.82, 2.24) is 20.2 Å². The number of halogens is 3. The van der Waals surface area contributed by atoms with Crippen LogP contribution in [-0.2, 0) is 11.3 Å². The summed E-state index contributed by atoms with van der Waals surface area (Å²) in [6.07, 6.45) is 1.37. The molecule has 2 heterocycles. The lowest BCUT2D eigenvalue weighted by atomic mass is 10.0. The van der Waals surface area contributed by atoms with Crippen LogP contribution in [0.1, 0.15) is 34.5 Å². The zero-order valence-corrected chi connectivity index (χ0v) is 20.3. The van der Waals surface area contributed by atoms with Crippen LogP contribution in [0.2, 0.25) is 10.3 Å². The standard InChI is InChI=1S/C24H21Cl2FN4O4/c1-12(15-4-3-5-19(35-2)20(15)27)29-22(33)18(11-32)31-10-14-7-6-13(8-16(14)23(31)34)21-17(25)9-28-24(26)30-21/h3-9,12,18,32H,10-11H2,1-2H3,(H,29,33). The van der Waals surface area contributed by atoms with Gasteiger partial charge in [0.1, 0.15) is 6.04 Å². The molecule has 2 atom stereocenters. The number of ether oxygens (including phenoxy) is 1. The number of carbonyl (C=O) groups is 2. The van der Waals surface area contributed by atoms with Gasteiger partial charge in [-0.1, -0.05) is 35.9 Å². The smallest absolute Gasteiger partial charge is 0.255 e. The highest BCUT2D eigenvalue weighted by atomic mass is 35.5. The summed E-state index contributed by atoms with van der Waals surface area (Å²) in [6.45, 7) is 1.11. The Kier molecular flexibility index (Phi) is 7.20. The summed E-state index contributed by atoms with van der Waals surface area (Å²) in [4.78, 5) is 35.4. The van der Waals surface area contributed by atoms with Gasteiger partial charge in [0.25, 0.3) is 5.91 Å². The van der Waals surface area contributed by atoms with Crippen LogP contribution in [0.3, 0.4) is 0 Å². The van der Waals surface area contributed by atoms with E-state index >= 15 is 0 Å². The molecule has 11 heteroatoms. The molecule has 0 spiro atoms. The zero-order valence-electron chi connectivity index (χ0n) is 18.8. The average molecular weight is 519 g/mol. The number of hydrogen-bond acceptors (Lipinski definition) is 6. The summed E-state index contributed by atoms with van der Waals surface area (Å²) in [6, 6.07) is 7.79. The highest BCUT2D eigenvalue weighted by Crippen LogP contribution is 2.32. The topological polar surface area (TPSA) is 105 Å². The molecule has 3 aromatic rings. The molecule has 182 valence electrons. The first-order valence-corrected chi connectivity index (χ1v) is 11.4. The van der Waals surface area contributed by atoms with Crippen molar-refractivity contribution in [2.75, 3.05) is 13.7 Å². The predicted molar refractivity (Wildman–Crippen MR) is 128 cm³/mol. The number of benzene rings is 2. The van der Waals surface area contributed by atoms with E-state index in [2.05, 4.69) is 15.3 Å². The lowest BCUT2D eigenvalue weighted by molar-refractivity contribution is -0.127. The second kappa shape index (κ2) is 10.2. The Hall–Kier alpha value is -3.27. The third-order valence-electron chi connectivity index (χ3n) is 5.82. The fourth-order valence-electron chi connectivity index (χ4n) is 4.00. The van der Waals surface area contributed by atoms with Crippen molar-refractivity contribution in [3.8, 4) is 17.0 Å². The molecule has 35 heavy (non-hydrogen) atoms. The predicted octanol–water partition coefficient (Wildman–Crippen LogP) is 3.79. The SMILES string of the molecule is COc1cccc(C(C)NC(=O)C(CO)N2Cc3ccc(-c4nc(Cl)ncc4Cl)cc3C2=O)c1F. The largest absolute Gasteiger partial charge is 0.494 e. The summed E-state index contributed by atoms with van der Waals surface area (Å²) in [5, 5.41) is 12.9. The number of rotatable bonds is 7. The number of fused-ring (bicyclic) bond motifs is 1. The first-order chi connectivity index (χ1) is 16.7. The second-order valence-electron chi connectivity index (χ2n) is 7.93. The highest BCUT2D eigenvalue weighted by molar-refractivity contribution is 6.33. The molecule has 2 N–H and O–H groups in total. The van der Waals surface area contributed by atoms with Crippen molar-refractivity contribution in [3.63, 3.8) is 0 Å². The average Bonchev–Trinajstić information content (AvgIpc) is 3.16. The van der Waals surface area contributed by atoms with Gasteiger partial charge in [-0.15, -0.1) is 0 Å². The minimum absolute atomic E-state index is 0.0106. The molecule has 0 aliphatic carbocycles. The molecule has 0 radical (unpaired) electrons. The van der Waals surface area contributed by atoms with E-state index in [1.54, 1.807) is 31.2 Å². The quantitative estimate of drug-likeness (QED) is 0.461. The Bertz CT molecular complexity index is 1310. The van der Waals surface area contributed by atoms with Gasteiger partial charge >= 0.3 is 0 Å². The maximum Gasteiger partial charge on any atom is 0.255 e. The Labute approximate surface area is 210 Å². The molecular formula is C24H21Cl2FN4O4. The van der Waals surface area contributed by atoms with Gasteiger partial charge in [-0.25, -0.2) is 14.4 Å². The van der Waals surface area contributed by atoms with Gasteiger partial charge in [0.2, 0.25) is 11.2 Å². The van der Waals surface area contributed by atoms with E-state index in [1.165, 1.54) is 30.3 Å². The van der Waals surface area contributed by atoms with Gasteiger partial charge in [-0.05, 0) is 36.2 Å². The Morgan fingerprint density at radius 2 is 2.09 bits per heavy atom. The summed E-state index contributed by atoms with van der Waals surface area (Å²) in [5.41, 5.74) is 2.17. The third-order valence-corrected chi connectivity index (χ3v) is 6.28. The molecule has 0 bridgehead atoms. The van der Waals surface area contributed by atoms with E-state index in [-0.39, 0.29) is 28.2 Å². The third kappa shape index (κ3) is 4.80. The molecule has 2 unspecified atom stereocenters. The molecule has 1 aliphatic heterocycles. The number of hydrogen-bond donors (Lipinski definition) is 2. The Morgan fingerprint density at radius 1 is 1.31 bits per heavy atom. The van der Waals surface area contributed by atoms with Gasteiger partial charge in [0.15, 0.2) is 11.6 Å². The second-order valence-corrected chi connectivity index (χ2v) is 8.68. The maximum atomic E-state index is 14.6. The van der Waals surface area contributed by atoms with Crippen LogP contribution in [0, 0.1) is 5.82 Å². The fraction of sp³-hybridized carbons (Fsp3) is 0.250. The van der Waals surface area contributed by atoms with Crippen molar-refractivity contribution in [2.24, 2.45) is 0 Å². The minimum Gasteiger partial charge on any atom is -0.494 e. The van der Waals surface area contributed by atoms with Crippen molar-refractivity contribution in [2.45, 2.75) is 25.6 Å². The van der Waals surface area contributed by atoms with Crippen LogP contribution in [0.25, 0.3) is 11.3 Å². The number of aliphatic hydroxyl groups excluding tert-OH is 1. The summed E-state index contributed by atoms with van der Waals surface area (Å²) >= 11 is 12.1. The Morgan fingerprint density at radius 3 is 2.80 bits per heavy atom. The number of methoxy groups -OCH3 is 1. The van der Waals surface area contributed by atoms with E-state index in [0.29, 0.717) is 22.4 Å². The molecule has 1 aromatic heterocycles. The molecular weight excluding hydrogens is 498 g/mol. The zero-order chi connectivity index (χ0) is 25.3. The lowest BCUT2D eigenvalue weighted by Crippen LogP contribution is -2.49. The van der Waals surface area contributed by atoms with Gasteiger partial charge in [0.05, 0.1) is 36.7 Å². The molecule has 4 rings (SSSR count). The van der Waals surface area contributed by atoms with Crippen LogP contribution in [0.4, 0.5) is 4.39 Å². The first-order valence-electron chi connectivity index (χ1n) is 10.6. The number of nitrogens with one attached hydrogen (secondary N) is 1. The summed E-state index contributed by atoms with van der Waals surface area (Å²) in [5.74, 6) is -1.60. The fourth-order valence-corrected chi connectivity index (χ4v) is 4.33. The van der Waals surface area contributed by atoms with Gasteiger partial charge < -0.3 is 20.1 Å². The van der Waals surface area contributed by atoms with Crippen molar-refractivity contribution < 1.29 is 23.8 Å². The number of nitrogens with zero attached hydrogens (tertiary/aromatic N) is 3. The van der Waals surface area contributed by atoms with E-state index < -0.39 is 36.3 Å². The number of aromatic nitrogens is 2. The van der Waals surface area contributed by atoms with E-state index in [4.69, 9.17) is 27.9 Å². The van der Waals surface area contributed by atoms with Crippen LogP contribution in [0.5, 0.6) is 5.75 Å².